The van der Waals surface area contributed by atoms with Crippen LogP contribution in [0.25, 0.3) is 0 Å². The van der Waals surface area contributed by atoms with Gasteiger partial charge < -0.3 is 10.1 Å². The fourth-order valence-electron chi connectivity index (χ4n) is 0.751. The van der Waals surface area contributed by atoms with Crippen molar-refractivity contribution >= 4 is 30.8 Å². The Morgan fingerprint density at radius 2 is 2.00 bits per heavy atom. The number of aryl methyl sites for hydroxylation is 1. The summed E-state index contributed by atoms with van der Waals surface area (Å²) in [5.74, 6) is -1.20. The molecule has 1 heterocycles. The predicted octanol–water partition coefficient (Wildman–Crippen LogP) is 1.23. The van der Waals surface area contributed by atoms with Gasteiger partial charge in [0.2, 0.25) is 0 Å². The zero-order valence-electron chi connectivity index (χ0n) is 6.73. The summed E-state index contributed by atoms with van der Waals surface area (Å²) in [5, 5.41) is 8.47. The van der Waals surface area contributed by atoms with Crippen molar-refractivity contribution in [1.29, 1.82) is 0 Å². The molecule has 0 aliphatic heterocycles. The lowest BCUT2D eigenvalue weighted by Crippen LogP contribution is -2.16. The third-order valence-corrected chi connectivity index (χ3v) is 1.28. The number of carbonyl (C=O) groups is 1. The number of nitrogens with one attached hydrogen (secondary N) is 1. The van der Waals surface area contributed by atoms with E-state index in [1.165, 1.54) is 12.3 Å². The molecule has 0 aliphatic carbocycles. The van der Waals surface area contributed by atoms with Gasteiger partial charge in [0.1, 0.15) is 5.56 Å². The maximum Gasteiger partial charge on any atom is 0.341 e. The molecule has 1 aromatic rings. The lowest BCUT2D eigenvalue weighted by molar-refractivity contribution is 0.0695. The van der Waals surface area contributed by atoms with Crippen molar-refractivity contribution < 1.29 is 9.90 Å². The molecule has 1 aromatic heterocycles. The molecule has 0 aromatic carbocycles. The van der Waals surface area contributed by atoms with E-state index >= 15 is 0 Å². The maximum absolute atomic E-state index is 10.8. The van der Waals surface area contributed by atoms with Crippen LogP contribution in [0.1, 0.15) is 15.9 Å². The van der Waals surface area contributed by atoms with E-state index in [0.29, 0.717) is 0 Å². The van der Waals surface area contributed by atoms with E-state index in [1.807, 2.05) is 0 Å². The topological polar surface area (TPSA) is 70.2 Å². The van der Waals surface area contributed by atoms with Crippen molar-refractivity contribution in [3.05, 3.63) is 33.7 Å². The van der Waals surface area contributed by atoms with Gasteiger partial charge in [-0.3, -0.25) is 4.79 Å². The van der Waals surface area contributed by atoms with Crippen LogP contribution < -0.4 is 5.56 Å². The summed E-state index contributed by atoms with van der Waals surface area (Å²) < 4.78 is 0. The molecular weight excluding hydrogens is 217 g/mol. The Bertz CT molecular complexity index is 348. The summed E-state index contributed by atoms with van der Waals surface area (Å²) >= 11 is 0. The molecule has 0 aliphatic rings. The highest BCUT2D eigenvalue weighted by molar-refractivity contribution is 5.87. The van der Waals surface area contributed by atoms with Crippen LogP contribution in [0, 0.1) is 6.92 Å². The van der Waals surface area contributed by atoms with Crippen molar-refractivity contribution in [1.82, 2.24) is 4.98 Å². The second-order valence-electron chi connectivity index (χ2n) is 2.22. The SMILES string of the molecule is Cc1c[nH]c(=O)c(C(=O)O)c1.Cl.Cl. The van der Waals surface area contributed by atoms with Gasteiger partial charge in [-0.05, 0) is 18.6 Å². The van der Waals surface area contributed by atoms with Gasteiger partial charge in [0, 0.05) is 6.20 Å². The van der Waals surface area contributed by atoms with Gasteiger partial charge in [0.25, 0.3) is 5.56 Å². The van der Waals surface area contributed by atoms with Gasteiger partial charge in [0.15, 0.2) is 0 Å². The van der Waals surface area contributed by atoms with Crippen LogP contribution in [-0.2, 0) is 0 Å². The molecule has 0 unspecified atom stereocenters. The van der Waals surface area contributed by atoms with E-state index in [0.717, 1.165) is 5.56 Å². The summed E-state index contributed by atoms with van der Waals surface area (Å²) in [6, 6.07) is 1.33. The Morgan fingerprint density at radius 1 is 1.46 bits per heavy atom. The average molecular weight is 226 g/mol. The van der Waals surface area contributed by atoms with Crippen LogP contribution in [0.5, 0.6) is 0 Å². The van der Waals surface area contributed by atoms with Gasteiger partial charge in [-0.15, -0.1) is 24.8 Å². The summed E-state index contributed by atoms with van der Waals surface area (Å²) in [6.45, 7) is 1.71. The molecule has 6 heteroatoms. The van der Waals surface area contributed by atoms with Crippen molar-refractivity contribution in [2.24, 2.45) is 0 Å². The monoisotopic (exact) mass is 225 g/mol. The van der Waals surface area contributed by atoms with Crippen LogP contribution in [0.15, 0.2) is 17.1 Å². The number of halogens is 2. The molecule has 0 bridgehead atoms. The van der Waals surface area contributed by atoms with Gasteiger partial charge in [-0.25, -0.2) is 4.79 Å². The van der Waals surface area contributed by atoms with Crippen LogP contribution in [0.2, 0.25) is 0 Å². The van der Waals surface area contributed by atoms with E-state index in [2.05, 4.69) is 4.98 Å². The molecular formula is C7H9Cl2NO3. The standard InChI is InChI=1S/C7H7NO3.2ClH/c1-4-2-5(7(10)11)6(9)8-3-4;;/h2-3H,1H3,(H,8,9)(H,10,11);2*1H. The number of aromatic nitrogens is 1. The highest BCUT2D eigenvalue weighted by atomic mass is 35.5. The maximum atomic E-state index is 10.8. The lowest BCUT2D eigenvalue weighted by atomic mass is 10.2. The summed E-state index contributed by atoms with van der Waals surface area (Å²) in [7, 11) is 0. The first-order valence-electron chi connectivity index (χ1n) is 3.04. The lowest BCUT2D eigenvalue weighted by Gasteiger charge is -1.93. The van der Waals surface area contributed by atoms with E-state index in [4.69, 9.17) is 5.11 Å². The van der Waals surface area contributed by atoms with Crippen LogP contribution >= 0.6 is 24.8 Å². The quantitative estimate of drug-likeness (QED) is 0.756. The van der Waals surface area contributed by atoms with Gasteiger partial charge in [-0.1, -0.05) is 0 Å². The second-order valence-corrected chi connectivity index (χ2v) is 2.22. The third-order valence-electron chi connectivity index (χ3n) is 1.28. The third kappa shape index (κ3) is 3.48. The van der Waals surface area contributed by atoms with Crippen molar-refractivity contribution in [2.75, 3.05) is 0 Å². The first kappa shape index (κ1) is 14.5. The molecule has 0 fully saturated rings. The van der Waals surface area contributed by atoms with Gasteiger partial charge in [-0.2, -0.15) is 0 Å². The van der Waals surface area contributed by atoms with Crippen molar-refractivity contribution in [3.8, 4) is 0 Å². The summed E-state index contributed by atoms with van der Waals surface area (Å²) in [4.78, 5) is 23.4. The minimum atomic E-state index is -1.20. The number of rotatable bonds is 1. The first-order chi connectivity index (χ1) is 5.11. The van der Waals surface area contributed by atoms with Gasteiger partial charge in [0.05, 0.1) is 0 Å². The molecule has 74 valence electrons. The zero-order valence-corrected chi connectivity index (χ0v) is 8.37. The van der Waals surface area contributed by atoms with Crippen LogP contribution in [-0.4, -0.2) is 16.1 Å². The summed E-state index contributed by atoms with van der Waals surface area (Å²) in [5.41, 5.74) is -0.0601. The largest absolute Gasteiger partial charge is 0.477 e. The molecule has 13 heavy (non-hydrogen) atoms. The number of H-pyrrole nitrogens is 1. The Balaban J connectivity index is 0. The zero-order chi connectivity index (χ0) is 8.43. The van der Waals surface area contributed by atoms with Crippen LogP contribution in [0.4, 0.5) is 0 Å². The number of carboxylic acid groups (broad SMARTS) is 1. The van der Waals surface area contributed by atoms with E-state index in [-0.39, 0.29) is 30.4 Å². The van der Waals surface area contributed by atoms with Crippen LogP contribution in [0.3, 0.4) is 0 Å². The average Bonchev–Trinajstić information content (AvgIpc) is 1.94. The molecule has 0 amide bonds. The molecule has 0 saturated carbocycles. The molecule has 4 nitrogen and oxygen atoms in total. The fraction of sp³-hybridized carbons (Fsp3) is 0.143. The highest BCUT2D eigenvalue weighted by Crippen LogP contribution is 1.94. The van der Waals surface area contributed by atoms with Gasteiger partial charge >= 0.3 is 5.97 Å². The number of hydrogen-bond donors (Lipinski definition) is 2. The van der Waals surface area contributed by atoms with Crippen molar-refractivity contribution in [3.63, 3.8) is 0 Å². The molecule has 0 atom stereocenters. The number of aromatic carboxylic acids is 1. The fourth-order valence-corrected chi connectivity index (χ4v) is 0.751. The van der Waals surface area contributed by atoms with E-state index < -0.39 is 11.5 Å². The van der Waals surface area contributed by atoms with Crippen molar-refractivity contribution in [2.45, 2.75) is 6.92 Å². The molecule has 2 N–H and O–H groups in total. The molecule has 0 spiro atoms. The Hall–Kier alpha value is -1.00. The Morgan fingerprint density at radius 3 is 2.38 bits per heavy atom. The number of carboxylic acids is 1. The normalized spacial score (nSPS) is 8.08. The smallest absolute Gasteiger partial charge is 0.341 e. The van der Waals surface area contributed by atoms with E-state index in [1.54, 1.807) is 6.92 Å². The Kier molecular flexibility index (Phi) is 6.27. The minimum Gasteiger partial charge on any atom is -0.477 e. The first-order valence-corrected chi connectivity index (χ1v) is 3.04. The second kappa shape index (κ2) is 5.61. The molecule has 0 saturated heterocycles. The molecule has 0 radical (unpaired) electrons. The van der Waals surface area contributed by atoms with E-state index in [9.17, 15) is 9.59 Å². The summed E-state index contributed by atoms with van der Waals surface area (Å²) in [6.07, 6.45) is 1.47. The number of pyridine rings is 1. The number of aromatic amines is 1. The Labute approximate surface area is 86.8 Å². The minimum absolute atomic E-state index is 0. The predicted molar refractivity (Wildman–Crippen MR) is 53.3 cm³/mol. The highest BCUT2D eigenvalue weighted by Gasteiger charge is 2.06. The molecule has 1 rings (SSSR count). The number of hydrogen-bond acceptors (Lipinski definition) is 2.